The number of rotatable bonds is 1. The first kappa shape index (κ1) is 8.00. The van der Waals surface area contributed by atoms with Crippen molar-refractivity contribution in [3.63, 3.8) is 0 Å². The minimum Gasteiger partial charge on any atom is -0.397 e. The molecule has 5 nitrogen and oxygen atoms in total. The summed E-state index contributed by atoms with van der Waals surface area (Å²) in [7, 11) is 0. The van der Waals surface area contributed by atoms with Crippen LogP contribution in [0.15, 0.2) is 24.5 Å². The van der Waals surface area contributed by atoms with Crippen LogP contribution >= 0.6 is 11.6 Å². The molecule has 66 valence electrons. The number of hydrogen-bond donors (Lipinski definition) is 1. The molecule has 1 aromatic carbocycles. The monoisotopic (exact) mass is 195 g/mol. The summed E-state index contributed by atoms with van der Waals surface area (Å²) in [5.41, 5.74) is 6.89. The largest absolute Gasteiger partial charge is 0.397 e. The molecule has 1 aromatic heterocycles. The second kappa shape index (κ2) is 3.02. The van der Waals surface area contributed by atoms with Crippen LogP contribution in [-0.4, -0.2) is 20.2 Å². The van der Waals surface area contributed by atoms with E-state index in [1.807, 2.05) is 0 Å². The Labute approximate surface area is 79.1 Å². The van der Waals surface area contributed by atoms with Gasteiger partial charge in [-0.1, -0.05) is 11.6 Å². The van der Waals surface area contributed by atoms with Crippen LogP contribution in [0.5, 0.6) is 0 Å². The third-order valence-corrected chi connectivity index (χ3v) is 1.79. The fraction of sp³-hybridized carbons (Fsp3) is 0. The van der Waals surface area contributed by atoms with Crippen molar-refractivity contribution in [1.82, 2.24) is 20.2 Å². The maximum atomic E-state index is 5.73. The predicted octanol–water partition coefficient (Wildman–Crippen LogP) is 0.898. The highest BCUT2D eigenvalue weighted by Crippen LogP contribution is 2.19. The molecule has 0 aliphatic heterocycles. The van der Waals surface area contributed by atoms with Gasteiger partial charge in [-0.3, -0.25) is 0 Å². The van der Waals surface area contributed by atoms with E-state index in [2.05, 4.69) is 15.4 Å². The zero-order chi connectivity index (χ0) is 9.26. The van der Waals surface area contributed by atoms with Gasteiger partial charge in [0.25, 0.3) is 0 Å². The fourth-order valence-electron chi connectivity index (χ4n) is 0.985. The predicted molar refractivity (Wildman–Crippen MR) is 48.6 cm³/mol. The number of nitrogens with zero attached hydrogens (tertiary/aromatic N) is 4. The molecule has 2 rings (SSSR count). The average molecular weight is 196 g/mol. The van der Waals surface area contributed by atoms with E-state index in [0.717, 1.165) is 0 Å². The zero-order valence-corrected chi connectivity index (χ0v) is 7.31. The Bertz CT molecular complexity index is 411. The second-order valence-corrected chi connectivity index (χ2v) is 2.86. The molecule has 2 aromatic rings. The molecule has 0 aliphatic carbocycles. The van der Waals surface area contributed by atoms with Gasteiger partial charge < -0.3 is 5.73 Å². The molecule has 0 spiro atoms. The van der Waals surface area contributed by atoms with E-state index in [-0.39, 0.29) is 0 Å². The Morgan fingerprint density at radius 3 is 2.85 bits per heavy atom. The minimum absolute atomic E-state index is 0.519. The number of benzene rings is 1. The SMILES string of the molecule is Nc1cc(Cl)ccc1-n1ncnn1. The lowest BCUT2D eigenvalue weighted by molar-refractivity contribution is 0.721. The third kappa shape index (κ3) is 1.46. The molecular formula is C7H6ClN5. The highest BCUT2D eigenvalue weighted by molar-refractivity contribution is 6.30. The Kier molecular flexibility index (Phi) is 1.86. The van der Waals surface area contributed by atoms with Crippen molar-refractivity contribution in [2.75, 3.05) is 5.73 Å². The van der Waals surface area contributed by atoms with Gasteiger partial charge in [0.15, 0.2) is 6.33 Å². The molecule has 0 bridgehead atoms. The van der Waals surface area contributed by atoms with Crippen LogP contribution in [0.1, 0.15) is 0 Å². The molecule has 1 heterocycles. The quantitative estimate of drug-likeness (QED) is 0.687. The highest BCUT2D eigenvalue weighted by Gasteiger charge is 2.03. The number of nitrogen functional groups attached to an aromatic ring is 1. The molecule has 0 saturated heterocycles. The number of nitrogens with two attached hydrogens (primary N) is 1. The summed E-state index contributed by atoms with van der Waals surface area (Å²) >= 11 is 5.73. The van der Waals surface area contributed by atoms with Gasteiger partial charge in [0.1, 0.15) is 5.69 Å². The average Bonchev–Trinajstić information content (AvgIpc) is 2.56. The first-order valence-electron chi connectivity index (χ1n) is 3.56. The summed E-state index contributed by atoms with van der Waals surface area (Å²) in [6, 6.07) is 5.09. The van der Waals surface area contributed by atoms with E-state index in [1.165, 1.54) is 11.1 Å². The summed E-state index contributed by atoms with van der Waals surface area (Å²) in [6.07, 6.45) is 1.34. The summed E-state index contributed by atoms with van der Waals surface area (Å²) in [6.45, 7) is 0. The van der Waals surface area contributed by atoms with Crippen LogP contribution < -0.4 is 5.73 Å². The Morgan fingerprint density at radius 1 is 1.38 bits per heavy atom. The normalized spacial score (nSPS) is 10.2. The number of halogens is 1. The smallest absolute Gasteiger partial charge is 0.162 e. The van der Waals surface area contributed by atoms with Crippen LogP contribution in [0, 0.1) is 0 Å². The molecule has 2 N–H and O–H groups in total. The summed E-state index contributed by atoms with van der Waals surface area (Å²) in [5, 5.41) is 11.7. The van der Waals surface area contributed by atoms with Gasteiger partial charge in [0, 0.05) is 5.02 Å². The van der Waals surface area contributed by atoms with E-state index >= 15 is 0 Å². The molecule has 6 heteroatoms. The lowest BCUT2D eigenvalue weighted by atomic mass is 10.3. The number of anilines is 1. The van der Waals surface area contributed by atoms with Gasteiger partial charge in [-0.2, -0.15) is 0 Å². The maximum Gasteiger partial charge on any atom is 0.162 e. The molecule has 0 radical (unpaired) electrons. The van der Waals surface area contributed by atoms with Gasteiger partial charge in [0.2, 0.25) is 0 Å². The second-order valence-electron chi connectivity index (χ2n) is 2.43. The van der Waals surface area contributed by atoms with E-state index < -0.39 is 0 Å². The van der Waals surface area contributed by atoms with Crippen molar-refractivity contribution >= 4 is 17.3 Å². The van der Waals surface area contributed by atoms with Crippen molar-refractivity contribution in [3.8, 4) is 5.69 Å². The topological polar surface area (TPSA) is 69.6 Å². The van der Waals surface area contributed by atoms with Gasteiger partial charge >= 0.3 is 0 Å². The van der Waals surface area contributed by atoms with Crippen molar-refractivity contribution < 1.29 is 0 Å². The van der Waals surface area contributed by atoms with Crippen LogP contribution in [0.4, 0.5) is 5.69 Å². The standard InChI is InChI=1S/C7H6ClN5/c8-5-1-2-7(6(9)3-5)13-11-4-10-12-13/h1-4H,9H2. The first-order valence-corrected chi connectivity index (χ1v) is 3.93. The Balaban J connectivity index is 2.53. The van der Waals surface area contributed by atoms with Gasteiger partial charge in [-0.05, 0) is 23.4 Å². The molecule has 0 amide bonds. The number of hydrogen-bond acceptors (Lipinski definition) is 4. The zero-order valence-electron chi connectivity index (χ0n) is 6.55. The lowest BCUT2D eigenvalue weighted by Crippen LogP contribution is -2.02. The lowest BCUT2D eigenvalue weighted by Gasteiger charge is -2.02. The first-order chi connectivity index (χ1) is 6.27. The molecule has 0 atom stereocenters. The van der Waals surface area contributed by atoms with E-state index in [4.69, 9.17) is 17.3 Å². The van der Waals surface area contributed by atoms with Crippen molar-refractivity contribution in [2.24, 2.45) is 0 Å². The fourth-order valence-corrected chi connectivity index (χ4v) is 1.17. The van der Waals surface area contributed by atoms with E-state index in [9.17, 15) is 0 Å². The Morgan fingerprint density at radius 2 is 2.23 bits per heavy atom. The molecule has 0 aliphatic rings. The maximum absolute atomic E-state index is 5.73. The molecule has 0 fully saturated rings. The third-order valence-electron chi connectivity index (χ3n) is 1.55. The van der Waals surface area contributed by atoms with Crippen LogP contribution in [0.3, 0.4) is 0 Å². The van der Waals surface area contributed by atoms with Crippen molar-refractivity contribution in [1.29, 1.82) is 0 Å². The summed E-state index contributed by atoms with van der Waals surface area (Å²) in [4.78, 5) is 1.34. The highest BCUT2D eigenvalue weighted by atomic mass is 35.5. The molecule has 0 saturated carbocycles. The molecule has 13 heavy (non-hydrogen) atoms. The summed E-state index contributed by atoms with van der Waals surface area (Å²) < 4.78 is 0. The van der Waals surface area contributed by atoms with E-state index in [0.29, 0.717) is 16.4 Å². The Hall–Kier alpha value is -1.62. The van der Waals surface area contributed by atoms with Crippen molar-refractivity contribution in [2.45, 2.75) is 0 Å². The van der Waals surface area contributed by atoms with Gasteiger partial charge in [0.05, 0.1) is 5.69 Å². The van der Waals surface area contributed by atoms with Crippen LogP contribution in [0.2, 0.25) is 5.02 Å². The molecule has 0 unspecified atom stereocenters. The van der Waals surface area contributed by atoms with Gasteiger partial charge in [-0.15, -0.1) is 15.0 Å². The van der Waals surface area contributed by atoms with Crippen LogP contribution in [-0.2, 0) is 0 Å². The summed E-state index contributed by atoms with van der Waals surface area (Å²) in [5.74, 6) is 0. The van der Waals surface area contributed by atoms with E-state index in [1.54, 1.807) is 18.2 Å². The minimum atomic E-state index is 0.519. The number of aromatic nitrogens is 4. The van der Waals surface area contributed by atoms with Crippen molar-refractivity contribution in [3.05, 3.63) is 29.5 Å². The number of tetrazole rings is 1. The van der Waals surface area contributed by atoms with Crippen LogP contribution in [0.25, 0.3) is 5.69 Å². The molecular weight excluding hydrogens is 190 g/mol. The van der Waals surface area contributed by atoms with Gasteiger partial charge in [-0.25, -0.2) is 0 Å².